The molecule has 0 aromatic heterocycles. The largest absolute Gasteiger partial charge is 0.394 e. The molecule has 9 atom stereocenters. The van der Waals surface area contributed by atoms with Crippen molar-refractivity contribution in [1.82, 2.24) is 5.32 Å². The number of carbonyl (C=O) groups excluding carboxylic acids is 1. The second kappa shape index (κ2) is 30.8. The summed E-state index contributed by atoms with van der Waals surface area (Å²) in [7, 11) is 0. The monoisotopic (exact) mass is 728 g/mol. The summed E-state index contributed by atoms with van der Waals surface area (Å²) in [4.78, 5) is 13.0. The maximum absolute atomic E-state index is 13.0. The normalized spacial score (nSPS) is 23.7. The summed E-state index contributed by atoms with van der Waals surface area (Å²) in [5, 5.41) is 75.1. The lowest BCUT2D eigenvalue weighted by Crippen LogP contribution is -2.60. The van der Waals surface area contributed by atoms with Gasteiger partial charge in [-0.3, -0.25) is 4.79 Å². The van der Waals surface area contributed by atoms with Crippen molar-refractivity contribution in [2.24, 2.45) is 0 Å². The fourth-order valence-electron chi connectivity index (χ4n) is 6.02. The van der Waals surface area contributed by atoms with Gasteiger partial charge in [0.05, 0.1) is 25.4 Å². The van der Waals surface area contributed by atoms with Crippen LogP contribution in [0.2, 0.25) is 0 Å². The minimum Gasteiger partial charge on any atom is -0.394 e. The van der Waals surface area contributed by atoms with Crippen molar-refractivity contribution in [3.8, 4) is 0 Å². The van der Waals surface area contributed by atoms with E-state index in [0.717, 1.165) is 57.8 Å². The molecular weight excluding hydrogens is 654 g/mol. The zero-order chi connectivity index (χ0) is 37.7. The van der Waals surface area contributed by atoms with Gasteiger partial charge in [0, 0.05) is 0 Å². The Morgan fingerprint density at radius 3 is 1.84 bits per heavy atom. The summed E-state index contributed by atoms with van der Waals surface area (Å²) >= 11 is 0. The van der Waals surface area contributed by atoms with Gasteiger partial charge in [0.15, 0.2) is 6.29 Å². The number of aliphatic hydroxyl groups excluding tert-OH is 7. The van der Waals surface area contributed by atoms with Crippen molar-refractivity contribution >= 4 is 5.91 Å². The van der Waals surface area contributed by atoms with Gasteiger partial charge in [-0.25, -0.2) is 0 Å². The van der Waals surface area contributed by atoms with Crippen molar-refractivity contribution in [2.75, 3.05) is 13.2 Å². The number of hydrogen-bond donors (Lipinski definition) is 8. The molecule has 11 nitrogen and oxygen atoms in total. The summed E-state index contributed by atoms with van der Waals surface area (Å²) in [6.45, 7) is 3.31. The molecule has 9 unspecified atom stereocenters. The van der Waals surface area contributed by atoms with Gasteiger partial charge < -0.3 is 50.5 Å². The Bertz CT molecular complexity index is 929. The molecule has 0 bridgehead atoms. The Balaban J connectivity index is 2.58. The molecule has 1 saturated heterocycles. The molecule has 0 aliphatic carbocycles. The standard InChI is InChI=1S/C40H73NO10/c1-3-5-7-9-11-13-15-16-17-18-20-22-24-26-28-33(44)39(49)41-31(30-50-40-38(48)37(47)36(46)34(29-42)51-40)35(45)32(43)27-25-23-21-19-14-12-10-8-6-4-2/h11,13,15-16,19,21,31-38,40,42-48H,3-10,12,14,17-18,20,22-30H2,1-2H3,(H,41,49)/b13-11-,16-15-,21-19+. The Morgan fingerprint density at radius 1 is 0.686 bits per heavy atom. The van der Waals surface area contributed by atoms with E-state index in [1.54, 1.807) is 0 Å². The van der Waals surface area contributed by atoms with E-state index >= 15 is 0 Å². The molecule has 51 heavy (non-hydrogen) atoms. The van der Waals surface area contributed by atoms with Gasteiger partial charge in [0.2, 0.25) is 5.91 Å². The fourth-order valence-corrected chi connectivity index (χ4v) is 6.02. The molecule has 11 heteroatoms. The van der Waals surface area contributed by atoms with E-state index in [0.29, 0.717) is 12.8 Å². The number of carbonyl (C=O) groups is 1. The van der Waals surface area contributed by atoms with Crippen molar-refractivity contribution < 1.29 is 50.0 Å². The van der Waals surface area contributed by atoms with Crippen LogP contribution in [0.4, 0.5) is 0 Å². The quantitative estimate of drug-likeness (QED) is 0.0278. The van der Waals surface area contributed by atoms with E-state index in [1.165, 1.54) is 44.9 Å². The lowest BCUT2D eigenvalue weighted by Gasteiger charge is -2.40. The molecule has 1 aliphatic rings. The van der Waals surface area contributed by atoms with Gasteiger partial charge in [0.1, 0.15) is 36.6 Å². The highest BCUT2D eigenvalue weighted by Crippen LogP contribution is 2.23. The Kier molecular flexibility index (Phi) is 28.6. The van der Waals surface area contributed by atoms with Gasteiger partial charge in [0.25, 0.3) is 0 Å². The average molecular weight is 728 g/mol. The van der Waals surface area contributed by atoms with Crippen LogP contribution in [0, 0.1) is 0 Å². The van der Waals surface area contributed by atoms with Crippen LogP contribution in [0.5, 0.6) is 0 Å². The summed E-state index contributed by atoms with van der Waals surface area (Å²) < 4.78 is 11.0. The SMILES string of the molecule is CCCCC/C=C\C=C/CCCCCCCC(O)C(=O)NC(COC1OC(CO)C(O)C(O)C1O)C(O)C(O)CCC/C=C/CCCCCCC. The van der Waals surface area contributed by atoms with Gasteiger partial charge in [-0.15, -0.1) is 0 Å². The summed E-state index contributed by atoms with van der Waals surface area (Å²) in [5.41, 5.74) is 0. The van der Waals surface area contributed by atoms with Crippen LogP contribution in [0.25, 0.3) is 0 Å². The summed E-state index contributed by atoms with van der Waals surface area (Å²) in [5.74, 6) is -0.724. The highest BCUT2D eigenvalue weighted by molar-refractivity contribution is 5.80. The average Bonchev–Trinajstić information content (AvgIpc) is 3.13. The number of unbranched alkanes of at least 4 members (excludes halogenated alkanes) is 14. The predicted molar refractivity (Wildman–Crippen MR) is 201 cm³/mol. The molecule has 1 amide bonds. The van der Waals surface area contributed by atoms with Crippen LogP contribution in [0.1, 0.15) is 142 Å². The highest BCUT2D eigenvalue weighted by atomic mass is 16.7. The smallest absolute Gasteiger partial charge is 0.249 e. The van der Waals surface area contributed by atoms with E-state index in [-0.39, 0.29) is 12.8 Å². The maximum Gasteiger partial charge on any atom is 0.249 e. The first-order chi connectivity index (χ1) is 24.7. The minimum atomic E-state index is -1.67. The number of amides is 1. The molecule has 0 saturated carbocycles. The number of rotatable bonds is 31. The number of hydrogen-bond acceptors (Lipinski definition) is 10. The first-order valence-electron chi connectivity index (χ1n) is 19.9. The second-order valence-corrected chi connectivity index (χ2v) is 14.0. The second-order valence-electron chi connectivity index (χ2n) is 14.0. The van der Waals surface area contributed by atoms with Crippen LogP contribution < -0.4 is 5.32 Å². The molecule has 1 aliphatic heterocycles. The topological polar surface area (TPSA) is 189 Å². The third-order valence-electron chi connectivity index (χ3n) is 9.44. The minimum absolute atomic E-state index is 0.235. The number of aliphatic hydroxyl groups is 7. The van der Waals surface area contributed by atoms with E-state index in [2.05, 4.69) is 55.6 Å². The molecule has 1 fully saturated rings. The van der Waals surface area contributed by atoms with Gasteiger partial charge in [-0.2, -0.15) is 0 Å². The number of allylic oxidation sites excluding steroid dienone is 6. The van der Waals surface area contributed by atoms with Crippen molar-refractivity contribution in [1.29, 1.82) is 0 Å². The molecule has 0 spiro atoms. The van der Waals surface area contributed by atoms with E-state index in [1.807, 2.05) is 0 Å². The Labute approximate surface area is 307 Å². The lowest BCUT2D eigenvalue weighted by atomic mass is 9.98. The first kappa shape index (κ1) is 47.4. The highest BCUT2D eigenvalue weighted by Gasteiger charge is 2.44. The van der Waals surface area contributed by atoms with E-state index in [9.17, 15) is 40.5 Å². The van der Waals surface area contributed by atoms with Gasteiger partial charge >= 0.3 is 0 Å². The first-order valence-corrected chi connectivity index (χ1v) is 19.9. The van der Waals surface area contributed by atoms with Crippen molar-refractivity contribution in [3.05, 3.63) is 36.5 Å². The number of nitrogens with one attached hydrogen (secondary N) is 1. The van der Waals surface area contributed by atoms with Crippen LogP contribution in [0.15, 0.2) is 36.5 Å². The molecule has 0 radical (unpaired) electrons. The van der Waals surface area contributed by atoms with Crippen LogP contribution >= 0.6 is 0 Å². The third-order valence-corrected chi connectivity index (χ3v) is 9.44. The molecular formula is C40H73NO10. The molecule has 8 N–H and O–H groups in total. The fraction of sp³-hybridized carbons (Fsp3) is 0.825. The molecule has 1 rings (SSSR count). The van der Waals surface area contributed by atoms with Crippen LogP contribution in [-0.2, 0) is 14.3 Å². The molecule has 0 aromatic rings. The Morgan fingerprint density at radius 2 is 1.22 bits per heavy atom. The lowest BCUT2D eigenvalue weighted by molar-refractivity contribution is -0.303. The van der Waals surface area contributed by atoms with Crippen molar-refractivity contribution in [3.63, 3.8) is 0 Å². The third kappa shape index (κ3) is 21.6. The van der Waals surface area contributed by atoms with Crippen molar-refractivity contribution in [2.45, 2.75) is 197 Å². The van der Waals surface area contributed by atoms with E-state index in [4.69, 9.17) is 9.47 Å². The summed E-state index contributed by atoms with van der Waals surface area (Å²) in [6, 6.07) is -1.19. The predicted octanol–water partition coefficient (Wildman–Crippen LogP) is 4.88. The van der Waals surface area contributed by atoms with Gasteiger partial charge in [-0.1, -0.05) is 115 Å². The molecule has 0 aromatic carbocycles. The zero-order valence-corrected chi connectivity index (χ0v) is 31.6. The Hall–Kier alpha value is -1.67. The summed E-state index contributed by atoms with van der Waals surface area (Å²) in [6.07, 6.45) is 20.7. The molecule has 1 heterocycles. The molecule has 298 valence electrons. The van der Waals surface area contributed by atoms with Gasteiger partial charge in [-0.05, 0) is 64.2 Å². The number of ether oxygens (including phenoxy) is 2. The van der Waals surface area contributed by atoms with Crippen LogP contribution in [0.3, 0.4) is 0 Å². The zero-order valence-electron chi connectivity index (χ0n) is 31.6. The van der Waals surface area contributed by atoms with E-state index < -0.39 is 74.2 Å². The van der Waals surface area contributed by atoms with Crippen LogP contribution in [-0.4, -0.2) is 110 Å². The maximum atomic E-state index is 13.0.